The minimum Gasteiger partial charge on any atom is -0.486 e. The molecular weight excluding hydrogens is 382 g/mol. The van der Waals surface area contributed by atoms with E-state index >= 15 is 0 Å². The largest absolute Gasteiger partial charge is 0.486 e. The maximum Gasteiger partial charge on any atom is 0.322 e. The van der Waals surface area contributed by atoms with Crippen LogP contribution in [0.25, 0.3) is 0 Å². The number of fused-ring (bicyclic) bond motifs is 1. The molecule has 0 aromatic heterocycles. The fourth-order valence-electron chi connectivity index (χ4n) is 3.78. The smallest absolute Gasteiger partial charge is 0.322 e. The van der Waals surface area contributed by atoms with Crippen molar-refractivity contribution in [3.05, 3.63) is 48.5 Å². The zero-order chi connectivity index (χ0) is 20.9. The molecule has 7 nitrogen and oxygen atoms in total. The summed E-state index contributed by atoms with van der Waals surface area (Å²) in [6, 6.07) is 14.7. The lowest BCUT2D eigenvalue weighted by Crippen LogP contribution is -2.46. The molecule has 0 bridgehead atoms. The molecular formula is C23H27N3O4. The number of carbonyl (C=O) groups excluding carboxylic acids is 2. The van der Waals surface area contributed by atoms with Gasteiger partial charge in [-0.2, -0.15) is 0 Å². The Hall–Kier alpha value is -3.22. The third-order valence-corrected chi connectivity index (χ3v) is 5.34. The molecule has 2 aliphatic rings. The Kier molecular flexibility index (Phi) is 6.07. The number of hydrogen-bond donors (Lipinski definition) is 1. The quantitative estimate of drug-likeness (QED) is 0.792. The van der Waals surface area contributed by atoms with Crippen LogP contribution < -0.4 is 24.6 Å². The van der Waals surface area contributed by atoms with Gasteiger partial charge in [0.15, 0.2) is 11.5 Å². The summed E-state index contributed by atoms with van der Waals surface area (Å²) < 4.78 is 11.2. The predicted octanol–water partition coefficient (Wildman–Crippen LogP) is 3.58. The number of amides is 3. The molecule has 1 saturated heterocycles. The van der Waals surface area contributed by atoms with Crippen molar-refractivity contribution in [1.82, 2.24) is 5.32 Å². The number of benzene rings is 2. The van der Waals surface area contributed by atoms with E-state index in [1.54, 1.807) is 9.80 Å². The molecule has 0 radical (unpaired) electrons. The molecule has 1 fully saturated rings. The number of anilines is 2. The predicted molar refractivity (Wildman–Crippen MR) is 115 cm³/mol. The van der Waals surface area contributed by atoms with Crippen molar-refractivity contribution in [1.29, 1.82) is 0 Å². The number of carbonyl (C=O) groups is 2. The Balaban J connectivity index is 1.44. The van der Waals surface area contributed by atoms with Gasteiger partial charge in [0.25, 0.3) is 0 Å². The summed E-state index contributed by atoms with van der Waals surface area (Å²) in [7, 11) is 0. The lowest BCUT2D eigenvalue weighted by atomic mass is 10.2. The Morgan fingerprint density at radius 2 is 1.90 bits per heavy atom. The summed E-state index contributed by atoms with van der Waals surface area (Å²) in [6.45, 7) is 4.19. The van der Waals surface area contributed by atoms with Gasteiger partial charge in [0.1, 0.15) is 13.2 Å². The molecule has 3 amide bonds. The SMILES string of the molecule is CCCCN(C(=O)N[C@H]1CC(=O)N(c2ccc3c(c2)OCCO3)C1)c1ccccc1. The van der Waals surface area contributed by atoms with Crippen LogP contribution in [0.2, 0.25) is 0 Å². The van der Waals surface area contributed by atoms with Gasteiger partial charge in [-0.1, -0.05) is 31.5 Å². The highest BCUT2D eigenvalue weighted by molar-refractivity contribution is 5.98. The van der Waals surface area contributed by atoms with Gasteiger partial charge >= 0.3 is 6.03 Å². The number of ether oxygens (including phenoxy) is 2. The van der Waals surface area contributed by atoms with Crippen LogP contribution >= 0.6 is 0 Å². The molecule has 4 rings (SSSR count). The van der Waals surface area contributed by atoms with E-state index in [1.807, 2.05) is 48.5 Å². The van der Waals surface area contributed by atoms with Crippen molar-refractivity contribution < 1.29 is 19.1 Å². The van der Waals surface area contributed by atoms with Gasteiger partial charge in [-0.3, -0.25) is 9.69 Å². The average Bonchev–Trinajstić information content (AvgIpc) is 3.14. The normalized spacial score (nSPS) is 17.7. The van der Waals surface area contributed by atoms with Gasteiger partial charge in [0.05, 0.1) is 6.04 Å². The minimum absolute atomic E-state index is 0.0169. The first kappa shape index (κ1) is 20.1. The second-order valence-corrected chi connectivity index (χ2v) is 7.52. The van der Waals surface area contributed by atoms with E-state index in [0.717, 1.165) is 24.2 Å². The number of nitrogens with zero attached hydrogens (tertiary/aromatic N) is 2. The van der Waals surface area contributed by atoms with Crippen molar-refractivity contribution in [2.24, 2.45) is 0 Å². The third kappa shape index (κ3) is 4.35. The molecule has 158 valence electrons. The van der Waals surface area contributed by atoms with E-state index in [2.05, 4.69) is 12.2 Å². The minimum atomic E-state index is -0.244. The topological polar surface area (TPSA) is 71.1 Å². The maximum atomic E-state index is 13.0. The first-order valence-corrected chi connectivity index (χ1v) is 10.5. The van der Waals surface area contributed by atoms with E-state index in [4.69, 9.17) is 9.47 Å². The molecule has 1 N–H and O–H groups in total. The summed E-state index contributed by atoms with van der Waals surface area (Å²) in [5, 5.41) is 3.05. The first-order chi connectivity index (χ1) is 14.7. The highest BCUT2D eigenvalue weighted by Crippen LogP contribution is 2.35. The third-order valence-electron chi connectivity index (χ3n) is 5.34. The van der Waals surface area contributed by atoms with Crippen LogP contribution in [0.15, 0.2) is 48.5 Å². The van der Waals surface area contributed by atoms with Crippen LogP contribution in [0.5, 0.6) is 11.5 Å². The standard InChI is InChI=1S/C23H27N3O4/c1-2-3-11-25(18-7-5-4-6-8-18)23(28)24-17-14-22(27)26(16-17)19-9-10-20-21(15-19)30-13-12-29-20/h4-10,15,17H,2-3,11-14,16H2,1H3,(H,24,28)/t17-/m0/s1. The van der Waals surface area contributed by atoms with E-state index in [0.29, 0.717) is 37.8 Å². The molecule has 2 aromatic carbocycles. The van der Waals surface area contributed by atoms with Gasteiger partial charge < -0.3 is 19.7 Å². The number of nitrogens with one attached hydrogen (secondary N) is 1. The lowest BCUT2D eigenvalue weighted by molar-refractivity contribution is -0.117. The fraction of sp³-hybridized carbons (Fsp3) is 0.391. The molecule has 2 heterocycles. The molecule has 7 heteroatoms. The molecule has 0 aliphatic carbocycles. The zero-order valence-corrected chi connectivity index (χ0v) is 17.2. The van der Waals surface area contributed by atoms with E-state index in [-0.39, 0.29) is 24.4 Å². The van der Waals surface area contributed by atoms with Gasteiger partial charge in [-0.25, -0.2) is 4.79 Å². The molecule has 0 unspecified atom stereocenters. The number of rotatable bonds is 6. The monoisotopic (exact) mass is 409 g/mol. The van der Waals surface area contributed by atoms with Crippen LogP contribution in [0.3, 0.4) is 0 Å². The molecule has 0 spiro atoms. The number of urea groups is 1. The van der Waals surface area contributed by atoms with Crippen molar-refractivity contribution in [3.63, 3.8) is 0 Å². The first-order valence-electron chi connectivity index (χ1n) is 10.5. The summed E-state index contributed by atoms with van der Waals surface area (Å²) in [6.07, 6.45) is 2.18. The molecule has 2 aliphatic heterocycles. The maximum absolute atomic E-state index is 13.0. The second kappa shape index (κ2) is 9.07. The Morgan fingerprint density at radius 3 is 2.67 bits per heavy atom. The fourth-order valence-corrected chi connectivity index (χ4v) is 3.78. The summed E-state index contributed by atoms with van der Waals surface area (Å²) in [4.78, 5) is 29.1. The Labute approximate surface area is 176 Å². The van der Waals surface area contributed by atoms with Crippen LogP contribution in [0.4, 0.5) is 16.2 Å². The van der Waals surface area contributed by atoms with Crippen LogP contribution in [0, 0.1) is 0 Å². The van der Waals surface area contributed by atoms with E-state index in [9.17, 15) is 9.59 Å². The van der Waals surface area contributed by atoms with Crippen molar-refractivity contribution in [2.45, 2.75) is 32.2 Å². The van der Waals surface area contributed by atoms with Gasteiger partial charge in [0.2, 0.25) is 5.91 Å². The lowest BCUT2D eigenvalue weighted by Gasteiger charge is -2.25. The highest BCUT2D eigenvalue weighted by atomic mass is 16.6. The average molecular weight is 409 g/mol. The van der Waals surface area contributed by atoms with Crippen molar-refractivity contribution in [3.8, 4) is 11.5 Å². The second-order valence-electron chi connectivity index (χ2n) is 7.52. The Morgan fingerprint density at radius 1 is 1.13 bits per heavy atom. The van der Waals surface area contributed by atoms with E-state index in [1.165, 1.54) is 0 Å². The molecule has 0 saturated carbocycles. The zero-order valence-electron chi connectivity index (χ0n) is 17.2. The number of hydrogen-bond acceptors (Lipinski definition) is 4. The van der Waals surface area contributed by atoms with Crippen LogP contribution in [-0.4, -0.2) is 44.3 Å². The van der Waals surface area contributed by atoms with Crippen molar-refractivity contribution in [2.75, 3.05) is 36.1 Å². The van der Waals surface area contributed by atoms with Gasteiger partial charge in [-0.15, -0.1) is 0 Å². The highest BCUT2D eigenvalue weighted by Gasteiger charge is 2.33. The molecule has 1 atom stereocenters. The Bertz CT molecular complexity index is 903. The molecule has 2 aromatic rings. The van der Waals surface area contributed by atoms with Gasteiger partial charge in [0, 0.05) is 37.0 Å². The van der Waals surface area contributed by atoms with Crippen molar-refractivity contribution >= 4 is 23.3 Å². The number of para-hydroxylation sites is 1. The van der Waals surface area contributed by atoms with Gasteiger partial charge in [-0.05, 0) is 30.7 Å². The summed E-state index contributed by atoms with van der Waals surface area (Å²) >= 11 is 0. The van der Waals surface area contributed by atoms with E-state index < -0.39 is 0 Å². The summed E-state index contributed by atoms with van der Waals surface area (Å²) in [5.74, 6) is 1.32. The van der Waals surface area contributed by atoms with Crippen LogP contribution in [-0.2, 0) is 4.79 Å². The number of unbranched alkanes of at least 4 members (excludes halogenated alkanes) is 1. The van der Waals surface area contributed by atoms with Crippen LogP contribution in [0.1, 0.15) is 26.2 Å². The summed E-state index contributed by atoms with van der Waals surface area (Å²) in [5.41, 5.74) is 1.61. The molecule has 30 heavy (non-hydrogen) atoms.